The van der Waals surface area contributed by atoms with Crippen molar-refractivity contribution in [2.24, 2.45) is 11.7 Å². The van der Waals surface area contributed by atoms with E-state index in [2.05, 4.69) is 5.32 Å². The normalized spacial score (nSPS) is 14.9. The maximum atomic E-state index is 12.0. The number of ether oxygens (including phenoxy) is 1. The first kappa shape index (κ1) is 17.2. The fraction of sp³-hybridized carbons (Fsp3) is 0.500. The molecule has 0 aliphatic carbocycles. The van der Waals surface area contributed by atoms with Crippen molar-refractivity contribution < 1.29 is 14.3 Å². The summed E-state index contributed by atoms with van der Waals surface area (Å²) < 4.78 is 4.78. The number of carbonyl (C=O) groups is 2. The number of methoxy groups -OCH3 is 1. The number of nitrogens with one attached hydrogen (secondary N) is 1. The van der Waals surface area contributed by atoms with Gasteiger partial charge >= 0.3 is 5.97 Å². The van der Waals surface area contributed by atoms with Crippen LogP contribution in [-0.2, 0) is 14.3 Å². The van der Waals surface area contributed by atoms with Gasteiger partial charge in [-0.3, -0.25) is 9.59 Å². The minimum absolute atomic E-state index is 0.0241. The molecular formula is C16H24N2O3. The van der Waals surface area contributed by atoms with Gasteiger partial charge in [-0.2, -0.15) is 0 Å². The van der Waals surface area contributed by atoms with Crippen molar-refractivity contribution in [3.63, 3.8) is 0 Å². The SMILES string of the molecule is COC(=O)C(C)C(NC(=O)CCC(C)N)c1ccccc1. The number of nitrogens with two attached hydrogens (primary N) is 1. The first-order chi connectivity index (χ1) is 9.95. The highest BCUT2D eigenvalue weighted by Gasteiger charge is 2.27. The zero-order valence-corrected chi connectivity index (χ0v) is 12.8. The number of hydrogen-bond acceptors (Lipinski definition) is 4. The van der Waals surface area contributed by atoms with Crippen LogP contribution in [0.2, 0.25) is 0 Å². The second-order valence-corrected chi connectivity index (χ2v) is 5.28. The Morgan fingerprint density at radius 1 is 1.24 bits per heavy atom. The van der Waals surface area contributed by atoms with Gasteiger partial charge in [-0.15, -0.1) is 0 Å². The molecule has 0 aliphatic heterocycles. The van der Waals surface area contributed by atoms with Crippen LogP contribution in [0.25, 0.3) is 0 Å². The Morgan fingerprint density at radius 3 is 2.38 bits per heavy atom. The van der Waals surface area contributed by atoms with Crippen LogP contribution in [0.4, 0.5) is 0 Å². The number of amides is 1. The molecule has 3 unspecified atom stereocenters. The van der Waals surface area contributed by atoms with E-state index in [-0.39, 0.29) is 17.9 Å². The molecule has 1 rings (SSSR count). The second-order valence-electron chi connectivity index (χ2n) is 5.28. The highest BCUT2D eigenvalue weighted by molar-refractivity contribution is 5.79. The average molecular weight is 292 g/mol. The summed E-state index contributed by atoms with van der Waals surface area (Å²) in [5, 5.41) is 2.91. The third kappa shape index (κ3) is 5.55. The van der Waals surface area contributed by atoms with Gasteiger partial charge in [0.2, 0.25) is 5.91 Å². The van der Waals surface area contributed by atoms with E-state index in [4.69, 9.17) is 10.5 Å². The quantitative estimate of drug-likeness (QED) is 0.751. The summed E-state index contributed by atoms with van der Waals surface area (Å²) >= 11 is 0. The van der Waals surface area contributed by atoms with Crippen molar-refractivity contribution in [3.8, 4) is 0 Å². The van der Waals surface area contributed by atoms with Gasteiger partial charge in [-0.1, -0.05) is 30.3 Å². The van der Waals surface area contributed by atoms with Crippen molar-refractivity contribution in [2.45, 2.75) is 38.8 Å². The van der Waals surface area contributed by atoms with Gasteiger partial charge in [0.05, 0.1) is 19.1 Å². The largest absolute Gasteiger partial charge is 0.469 e. The molecule has 5 nitrogen and oxygen atoms in total. The fourth-order valence-corrected chi connectivity index (χ4v) is 2.08. The molecule has 0 aromatic heterocycles. The van der Waals surface area contributed by atoms with Gasteiger partial charge in [0.15, 0.2) is 0 Å². The lowest BCUT2D eigenvalue weighted by Gasteiger charge is -2.24. The number of hydrogen-bond donors (Lipinski definition) is 2. The molecule has 3 N–H and O–H groups in total. The molecule has 1 amide bonds. The lowest BCUT2D eigenvalue weighted by molar-refractivity contribution is -0.146. The van der Waals surface area contributed by atoms with Crippen molar-refractivity contribution in [2.75, 3.05) is 7.11 Å². The van der Waals surface area contributed by atoms with Gasteiger partial charge in [0.1, 0.15) is 0 Å². The van der Waals surface area contributed by atoms with E-state index in [0.717, 1.165) is 5.56 Å². The molecule has 116 valence electrons. The number of esters is 1. The first-order valence-electron chi connectivity index (χ1n) is 7.13. The van der Waals surface area contributed by atoms with E-state index < -0.39 is 12.0 Å². The third-order valence-electron chi connectivity index (χ3n) is 3.37. The minimum atomic E-state index is -0.461. The molecule has 0 radical (unpaired) electrons. The van der Waals surface area contributed by atoms with Gasteiger partial charge in [0.25, 0.3) is 0 Å². The summed E-state index contributed by atoms with van der Waals surface area (Å²) in [7, 11) is 1.35. The predicted octanol–water partition coefficient (Wildman–Crippen LogP) is 1.78. The molecule has 0 spiro atoms. The van der Waals surface area contributed by atoms with Crippen LogP contribution in [0.15, 0.2) is 30.3 Å². The van der Waals surface area contributed by atoms with Crippen molar-refractivity contribution in [3.05, 3.63) is 35.9 Å². The molecule has 0 saturated carbocycles. The molecule has 0 heterocycles. The Labute approximate surface area is 125 Å². The Kier molecular flexibility index (Phi) is 6.88. The summed E-state index contributed by atoms with van der Waals surface area (Å²) in [5.41, 5.74) is 6.54. The van der Waals surface area contributed by atoms with E-state index in [1.165, 1.54) is 7.11 Å². The average Bonchev–Trinajstić information content (AvgIpc) is 2.49. The Hall–Kier alpha value is -1.88. The predicted molar refractivity (Wildman–Crippen MR) is 81.4 cm³/mol. The molecule has 0 fully saturated rings. The van der Waals surface area contributed by atoms with Crippen LogP contribution in [-0.4, -0.2) is 25.0 Å². The maximum Gasteiger partial charge on any atom is 0.310 e. The summed E-state index contributed by atoms with van der Waals surface area (Å²) in [6, 6.07) is 8.98. The smallest absolute Gasteiger partial charge is 0.310 e. The molecule has 5 heteroatoms. The third-order valence-corrected chi connectivity index (χ3v) is 3.37. The van der Waals surface area contributed by atoms with Gasteiger partial charge in [-0.05, 0) is 25.8 Å². The Balaban J connectivity index is 2.83. The molecule has 21 heavy (non-hydrogen) atoms. The molecule has 3 atom stereocenters. The lowest BCUT2D eigenvalue weighted by atomic mass is 9.94. The summed E-state index contributed by atoms with van der Waals surface area (Å²) in [4.78, 5) is 23.8. The Morgan fingerprint density at radius 2 is 1.86 bits per heavy atom. The van der Waals surface area contributed by atoms with E-state index >= 15 is 0 Å². The van der Waals surface area contributed by atoms with Crippen LogP contribution < -0.4 is 11.1 Å². The molecule has 1 aromatic carbocycles. The van der Waals surface area contributed by atoms with Crippen molar-refractivity contribution in [1.82, 2.24) is 5.32 Å². The highest BCUT2D eigenvalue weighted by atomic mass is 16.5. The van der Waals surface area contributed by atoms with Crippen LogP contribution >= 0.6 is 0 Å². The first-order valence-corrected chi connectivity index (χ1v) is 7.13. The van der Waals surface area contributed by atoms with E-state index in [1.54, 1.807) is 6.92 Å². The monoisotopic (exact) mass is 292 g/mol. The topological polar surface area (TPSA) is 81.4 Å². The van der Waals surface area contributed by atoms with Crippen molar-refractivity contribution >= 4 is 11.9 Å². The molecular weight excluding hydrogens is 268 g/mol. The lowest BCUT2D eigenvalue weighted by Crippen LogP contribution is -2.36. The van der Waals surface area contributed by atoms with E-state index in [9.17, 15) is 9.59 Å². The van der Waals surface area contributed by atoms with Crippen LogP contribution in [0.3, 0.4) is 0 Å². The molecule has 0 aliphatic rings. The number of carbonyl (C=O) groups excluding carboxylic acids is 2. The second kappa shape index (κ2) is 8.42. The van der Waals surface area contributed by atoms with Crippen molar-refractivity contribution in [1.29, 1.82) is 0 Å². The van der Waals surface area contributed by atoms with Crippen LogP contribution in [0, 0.1) is 5.92 Å². The summed E-state index contributed by atoms with van der Waals surface area (Å²) in [5.74, 6) is -0.926. The number of rotatable bonds is 7. The summed E-state index contributed by atoms with van der Waals surface area (Å²) in [6.07, 6.45) is 0.953. The maximum absolute atomic E-state index is 12.0. The minimum Gasteiger partial charge on any atom is -0.469 e. The standard InChI is InChI=1S/C16H24N2O3/c1-11(17)9-10-14(19)18-15(12(2)16(20)21-3)13-7-5-4-6-8-13/h4-8,11-12,15H,9-10,17H2,1-3H3,(H,18,19). The molecule has 1 aromatic rings. The zero-order valence-electron chi connectivity index (χ0n) is 12.8. The zero-order chi connectivity index (χ0) is 15.8. The fourth-order valence-electron chi connectivity index (χ4n) is 2.08. The van der Waals surface area contributed by atoms with Gasteiger partial charge < -0.3 is 15.8 Å². The molecule has 0 saturated heterocycles. The van der Waals surface area contributed by atoms with E-state index in [0.29, 0.717) is 12.8 Å². The highest BCUT2D eigenvalue weighted by Crippen LogP contribution is 2.23. The summed E-state index contributed by atoms with van der Waals surface area (Å²) in [6.45, 7) is 3.61. The Bertz CT molecular complexity index is 460. The van der Waals surface area contributed by atoms with Crippen LogP contribution in [0.5, 0.6) is 0 Å². The van der Waals surface area contributed by atoms with E-state index in [1.807, 2.05) is 37.3 Å². The van der Waals surface area contributed by atoms with Crippen LogP contribution in [0.1, 0.15) is 38.3 Å². The number of benzene rings is 1. The molecule has 0 bridgehead atoms. The van der Waals surface area contributed by atoms with Gasteiger partial charge in [0, 0.05) is 12.5 Å². The van der Waals surface area contributed by atoms with Gasteiger partial charge in [-0.25, -0.2) is 0 Å².